The first-order valence-electron chi connectivity index (χ1n) is 4.70. The molecule has 0 aliphatic carbocycles. The van der Waals surface area contributed by atoms with E-state index in [1.807, 2.05) is 6.92 Å². The summed E-state index contributed by atoms with van der Waals surface area (Å²) >= 11 is 3.36. The van der Waals surface area contributed by atoms with E-state index in [1.165, 1.54) is 6.07 Å². The summed E-state index contributed by atoms with van der Waals surface area (Å²) in [6.45, 7) is 2.73. The highest BCUT2D eigenvalue weighted by molar-refractivity contribution is 9.10. The van der Waals surface area contributed by atoms with Crippen molar-refractivity contribution in [1.82, 2.24) is 4.98 Å². The molecule has 1 aromatic heterocycles. The average molecular weight is 269 g/mol. The summed E-state index contributed by atoms with van der Waals surface area (Å²) in [6.07, 6.45) is 1.67. The first kappa shape index (κ1) is 10.4. The summed E-state index contributed by atoms with van der Waals surface area (Å²) in [7, 11) is 0. The monoisotopic (exact) mass is 268 g/mol. The van der Waals surface area contributed by atoms with Crippen molar-refractivity contribution in [2.75, 3.05) is 11.9 Å². The Bertz CT molecular complexity index is 499. The van der Waals surface area contributed by atoms with Crippen LogP contribution in [0, 0.1) is 5.82 Å². The van der Waals surface area contributed by atoms with Gasteiger partial charge in [-0.2, -0.15) is 0 Å². The zero-order chi connectivity index (χ0) is 10.8. The number of halogens is 2. The minimum Gasteiger partial charge on any atom is -0.385 e. The summed E-state index contributed by atoms with van der Waals surface area (Å²) in [4.78, 5) is 4.16. The molecule has 0 saturated heterocycles. The third kappa shape index (κ3) is 1.81. The molecule has 0 bridgehead atoms. The molecule has 1 heterocycles. The molecule has 0 saturated carbocycles. The number of fused-ring (bicyclic) bond motifs is 1. The van der Waals surface area contributed by atoms with Crippen LogP contribution in [0.15, 0.2) is 28.9 Å². The van der Waals surface area contributed by atoms with Crippen molar-refractivity contribution >= 4 is 32.5 Å². The molecule has 0 aliphatic rings. The summed E-state index contributed by atoms with van der Waals surface area (Å²) in [5.74, 6) is -0.253. The van der Waals surface area contributed by atoms with Gasteiger partial charge in [-0.3, -0.25) is 4.98 Å². The maximum Gasteiger partial charge on any atom is 0.134 e. The molecule has 78 valence electrons. The van der Waals surface area contributed by atoms with E-state index in [0.29, 0.717) is 10.9 Å². The number of anilines is 1. The van der Waals surface area contributed by atoms with Gasteiger partial charge in [0.05, 0.1) is 10.9 Å². The Morgan fingerprint density at radius 3 is 2.93 bits per heavy atom. The molecule has 0 spiro atoms. The molecule has 2 aromatic rings. The standard InChI is InChI=1S/C11H10BrFN2/c1-2-14-9-5-6-15-11-7(12)3-4-8(13)10(9)11/h3-6H,2H2,1H3,(H,14,15). The second kappa shape index (κ2) is 4.14. The zero-order valence-electron chi connectivity index (χ0n) is 8.22. The van der Waals surface area contributed by atoms with Crippen molar-refractivity contribution in [2.45, 2.75) is 6.92 Å². The van der Waals surface area contributed by atoms with Crippen LogP contribution in [0.3, 0.4) is 0 Å². The first-order chi connectivity index (χ1) is 7.24. The van der Waals surface area contributed by atoms with E-state index in [-0.39, 0.29) is 5.82 Å². The fourth-order valence-electron chi connectivity index (χ4n) is 1.53. The molecule has 0 atom stereocenters. The fourth-order valence-corrected chi connectivity index (χ4v) is 1.96. The smallest absolute Gasteiger partial charge is 0.134 e. The third-order valence-corrected chi connectivity index (χ3v) is 2.80. The van der Waals surface area contributed by atoms with E-state index in [0.717, 1.165) is 16.7 Å². The summed E-state index contributed by atoms with van der Waals surface area (Å²) in [5.41, 5.74) is 1.43. The highest BCUT2D eigenvalue weighted by atomic mass is 79.9. The van der Waals surface area contributed by atoms with Gasteiger partial charge in [0, 0.05) is 22.9 Å². The SMILES string of the molecule is CCNc1ccnc2c(Br)ccc(F)c12. The van der Waals surface area contributed by atoms with E-state index in [1.54, 1.807) is 18.3 Å². The van der Waals surface area contributed by atoms with Gasteiger partial charge in [-0.1, -0.05) is 0 Å². The second-order valence-electron chi connectivity index (χ2n) is 3.14. The molecule has 4 heteroatoms. The van der Waals surface area contributed by atoms with Crippen LogP contribution in [-0.4, -0.2) is 11.5 Å². The zero-order valence-corrected chi connectivity index (χ0v) is 9.81. The molecular formula is C11H10BrFN2. The molecule has 1 N–H and O–H groups in total. The molecule has 0 amide bonds. The van der Waals surface area contributed by atoms with Gasteiger partial charge in [0.15, 0.2) is 0 Å². The molecular weight excluding hydrogens is 259 g/mol. The summed E-state index contributed by atoms with van der Waals surface area (Å²) in [6, 6.07) is 4.89. The van der Waals surface area contributed by atoms with Crippen LogP contribution in [0.5, 0.6) is 0 Å². The predicted octanol–water partition coefficient (Wildman–Crippen LogP) is 3.57. The Morgan fingerprint density at radius 2 is 2.20 bits per heavy atom. The van der Waals surface area contributed by atoms with E-state index in [9.17, 15) is 4.39 Å². The molecule has 2 rings (SSSR count). The fraction of sp³-hybridized carbons (Fsp3) is 0.182. The Kier molecular flexibility index (Phi) is 2.86. The maximum atomic E-state index is 13.6. The highest BCUT2D eigenvalue weighted by Gasteiger charge is 2.09. The number of nitrogens with zero attached hydrogens (tertiary/aromatic N) is 1. The van der Waals surface area contributed by atoms with Gasteiger partial charge in [0.2, 0.25) is 0 Å². The second-order valence-corrected chi connectivity index (χ2v) is 4.00. The third-order valence-electron chi connectivity index (χ3n) is 2.16. The van der Waals surface area contributed by atoms with E-state index >= 15 is 0 Å². The predicted molar refractivity (Wildman–Crippen MR) is 63.6 cm³/mol. The topological polar surface area (TPSA) is 24.9 Å². The quantitative estimate of drug-likeness (QED) is 0.901. The molecule has 0 aliphatic heterocycles. The average Bonchev–Trinajstić information content (AvgIpc) is 2.24. The van der Waals surface area contributed by atoms with Gasteiger partial charge in [0.1, 0.15) is 5.82 Å². The van der Waals surface area contributed by atoms with Crippen LogP contribution in [-0.2, 0) is 0 Å². The van der Waals surface area contributed by atoms with Crippen molar-refractivity contribution in [3.63, 3.8) is 0 Å². The number of benzene rings is 1. The minimum atomic E-state index is -0.253. The first-order valence-corrected chi connectivity index (χ1v) is 5.50. The van der Waals surface area contributed by atoms with Crippen LogP contribution >= 0.6 is 15.9 Å². The Hall–Kier alpha value is -1.16. The number of pyridine rings is 1. The Labute approximate surface area is 95.6 Å². The highest BCUT2D eigenvalue weighted by Crippen LogP contribution is 2.29. The van der Waals surface area contributed by atoms with Gasteiger partial charge < -0.3 is 5.32 Å². The molecule has 1 aromatic carbocycles. The van der Waals surface area contributed by atoms with E-state index in [2.05, 4.69) is 26.2 Å². The molecule has 0 unspecified atom stereocenters. The van der Waals surface area contributed by atoms with E-state index in [4.69, 9.17) is 0 Å². The van der Waals surface area contributed by atoms with Crippen molar-refractivity contribution in [3.05, 3.63) is 34.7 Å². The van der Waals surface area contributed by atoms with Gasteiger partial charge in [0.25, 0.3) is 0 Å². The maximum absolute atomic E-state index is 13.6. The molecule has 0 fully saturated rings. The number of rotatable bonds is 2. The van der Waals surface area contributed by atoms with Crippen LogP contribution < -0.4 is 5.32 Å². The summed E-state index contributed by atoms with van der Waals surface area (Å²) in [5, 5.41) is 3.65. The normalized spacial score (nSPS) is 10.6. The number of hydrogen-bond donors (Lipinski definition) is 1. The van der Waals surface area contributed by atoms with Crippen LogP contribution in [0.2, 0.25) is 0 Å². The largest absolute Gasteiger partial charge is 0.385 e. The van der Waals surface area contributed by atoms with Gasteiger partial charge in [-0.25, -0.2) is 4.39 Å². The number of hydrogen-bond acceptors (Lipinski definition) is 2. The Morgan fingerprint density at radius 1 is 1.40 bits per heavy atom. The number of aromatic nitrogens is 1. The molecule has 2 nitrogen and oxygen atoms in total. The lowest BCUT2D eigenvalue weighted by Crippen LogP contribution is -1.99. The van der Waals surface area contributed by atoms with Crippen LogP contribution in [0.25, 0.3) is 10.9 Å². The Balaban J connectivity index is 2.78. The molecule has 0 radical (unpaired) electrons. The lowest BCUT2D eigenvalue weighted by molar-refractivity contribution is 0.639. The van der Waals surface area contributed by atoms with Gasteiger partial charge in [-0.05, 0) is 41.1 Å². The van der Waals surface area contributed by atoms with Crippen molar-refractivity contribution in [2.24, 2.45) is 0 Å². The minimum absolute atomic E-state index is 0.253. The van der Waals surface area contributed by atoms with Gasteiger partial charge in [-0.15, -0.1) is 0 Å². The van der Waals surface area contributed by atoms with Crippen molar-refractivity contribution < 1.29 is 4.39 Å². The van der Waals surface area contributed by atoms with Crippen molar-refractivity contribution in [1.29, 1.82) is 0 Å². The van der Waals surface area contributed by atoms with Crippen LogP contribution in [0.1, 0.15) is 6.92 Å². The van der Waals surface area contributed by atoms with Crippen molar-refractivity contribution in [3.8, 4) is 0 Å². The van der Waals surface area contributed by atoms with Gasteiger partial charge >= 0.3 is 0 Å². The van der Waals surface area contributed by atoms with Crippen LogP contribution in [0.4, 0.5) is 10.1 Å². The molecule has 15 heavy (non-hydrogen) atoms. The summed E-state index contributed by atoms with van der Waals surface area (Å²) < 4.78 is 14.5. The number of nitrogens with one attached hydrogen (secondary N) is 1. The lowest BCUT2D eigenvalue weighted by Gasteiger charge is -2.08. The van der Waals surface area contributed by atoms with E-state index < -0.39 is 0 Å². The lowest BCUT2D eigenvalue weighted by atomic mass is 10.2.